The van der Waals surface area contributed by atoms with Gasteiger partial charge in [0.25, 0.3) is 0 Å². The molecule has 0 bridgehead atoms. The highest BCUT2D eigenvalue weighted by molar-refractivity contribution is 7.48. The first-order chi connectivity index (χ1) is 9.11. The molecular formula is C13H26ClO4P. The molecule has 4 nitrogen and oxygen atoms in total. The first kappa shape index (κ1) is 17.5. The van der Waals surface area contributed by atoms with Gasteiger partial charge in [-0.05, 0) is 31.6 Å². The molecule has 1 aliphatic carbocycles. The van der Waals surface area contributed by atoms with Crippen LogP contribution in [0.4, 0.5) is 0 Å². The summed E-state index contributed by atoms with van der Waals surface area (Å²) < 4.78 is 28.4. The second-order valence-electron chi connectivity index (χ2n) is 4.97. The van der Waals surface area contributed by atoms with E-state index in [1.165, 1.54) is 6.42 Å². The first-order valence-corrected chi connectivity index (χ1v) is 9.18. The maximum absolute atomic E-state index is 12.4. The summed E-state index contributed by atoms with van der Waals surface area (Å²) in [6.45, 7) is 5.05. The Morgan fingerprint density at radius 3 is 2.16 bits per heavy atom. The molecule has 0 radical (unpaired) electrons. The van der Waals surface area contributed by atoms with Gasteiger partial charge in [-0.25, -0.2) is 4.57 Å². The van der Waals surface area contributed by atoms with E-state index in [0.29, 0.717) is 19.8 Å². The lowest BCUT2D eigenvalue weighted by Crippen LogP contribution is -2.24. The van der Waals surface area contributed by atoms with Gasteiger partial charge in [-0.15, -0.1) is 11.6 Å². The lowest BCUT2D eigenvalue weighted by molar-refractivity contribution is 0.0938. The van der Waals surface area contributed by atoms with Crippen LogP contribution >= 0.6 is 19.4 Å². The summed E-state index contributed by atoms with van der Waals surface area (Å²) in [5.74, 6) is 0.249. The Balaban J connectivity index is 2.44. The summed E-state index contributed by atoms with van der Waals surface area (Å²) in [6.07, 6.45) is 5.92. The summed E-state index contributed by atoms with van der Waals surface area (Å²) in [6, 6.07) is 0. The fraction of sp³-hybridized carbons (Fsp3) is 1.00. The zero-order chi connectivity index (χ0) is 14.1. The van der Waals surface area contributed by atoms with Gasteiger partial charge in [-0.1, -0.05) is 26.7 Å². The minimum atomic E-state index is -3.40. The van der Waals surface area contributed by atoms with E-state index in [1.54, 1.807) is 0 Å². The summed E-state index contributed by atoms with van der Waals surface area (Å²) in [7, 11) is -3.40. The number of alkyl halides is 1. The second-order valence-corrected chi connectivity index (χ2v) is 7.20. The maximum atomic E-state index is 12.4. The van der Waals surface area contributed by atoms with Crippen molar-refractivity contribution < 1.29 is 18.1 Å². The van der Waals surface area contributed by atoms with E-state index < -0.39 is 7.82 Å². The highest BCUT2D eigenvalue weighted by Crippen LogP contribution is 2.50. The van der Waals surface area contributed by atoms with Crippen LogP contribution in [0, 0.1) is 5.92 Å². The van der Waals surface area contributed by atoms with E-state index in [9.17, 15) is 4.57 Å². The summed E-state index contributed by atoms with van der Waals surface area (Å²) in [5.41, 5.74) is 0. The molecule has 1 aliphatic rings. The van der Waals surface area contributed by atoms with Gasteiger partial charge in [0.2, 0.25) is 0 Å². The third kappa shape index (κ3) is 6.59. The molecule has 0 heterocycles. The smallest absolute Gasteiger partial charge is 0.287 e. The summed E-state index contributed by atoms with van der Waals surface area (Å²) >= 11 is 6.27. The zero-order valence-corrected chi connectivity index (χ0v) is 13.6. The Morgan fingerprint density at radius 1 is 1.05 bits per heavy atom. The molecule has 2 atom stereocenters. The molecule has 1 rings (SSSR count). The van der Waals surface area contributed by atoms with Crippen molar-refractivity contribution >= 4 is 19.4 Å². The highest BCUT2D eigenvalue weighted by atomic mass is 35.5. The third-order valence-corrected chi connectivity index (χ3v) is 5.21. The Kier molecular flexibility index (Phi) is 8.59. The van der Waals surface area contributed by atoms with E-state index >= 15 is 0 Å². The molecule has 19 heavy (non-hydrogen) atoms. The van der Waals surface area contributed by atoms with Crippen molar-refractivity contribution in [2.45, 2.75) is 57.7 Å². The number of halogens is 1. The van der Waals surface area contributed by atoms with Gasteiger partial charge in [0.05, 0.1) is 19.8 Å². The molecule has 0 aromatic rings. The SMILES string of the molecule is CCCOP(=O)(OCCC)OCC1CCCCC1Cl. The first-order valence-electron chi connectivity index (χ1n) is 7.29. The fourth-order valence-corrected chi connectivity index (χ4v) is 3.82. The molecule has 114 valence electrons. The average molecular weight is 313 g/mol. The van der Waals surface area contributed by atoms with E-state index in [1.807, 2.05) is 13.8 Å². The van der Waals surface area contributed by atoms with E-state index in [0.717, 1.165) is 32.1 Å². The Labute approximate surface area is 121 Å². The van der Waals surface area contributed by atoms with Gasteiger partial charge >= 0.3 is 7.82 Å². The molecule has 0 spiro atoms. The van der Waals surface area contributed by atoms with Crippen LogP contribution in [-0.4, -0.2) is 25.2 Å². The van der Waals surface area contributed by atoms with Crippen LogP contribution in [-0.2, 0) is 18.1 Å². The average Bonchev–Trinajstić information content (AvgIpc) is 2.42. The van der Waals surface area contributed by atoms with Crippen LogP contribution < -0.4 is 0 Å². The summed E-state index contributed by atoms with van der Waals surface area (Å²) in [4.78, 5) is 0. The summed E-state index contributed by atoms with van der Waals surface area (Å²) in [5, 5.41) is 0.111. The quantitative estimate of drug-likeness (QED) is 0.455. The van der Waals surface area contributed by atoms with Gasteiger partial charge in [-0.3, -0.25) is 13.6 Å². The minimum absolute atomic E-state index is 0.111. The van der Waals surface area contributed by atoms with Crippen molar-refractivity contribution in [1.82, 2.24) is 0 Å². The van der Waals surface area contributed by atoms with Crippen LogP contribution in [0.25, 0.3) is 0 Å². The third-order valence-electron chi connectivity index (χ3n) is 3.17. The van der Waals surface area contributed by atoms with Gasteiger partial charge in [-0.2, -0.15) is 0 Å². The van der Waals surface area contributed by atoms with Crippen molar-refractivity contribution in [2.24, 2.45) is 5.92 Å². The molecule has 1 saturated carbocycles. The number of rotatable bonds is 9. The number of phosphoric ester groups is 1. The van der Waals surface area contributed by atoms with Crippen molar-refractivity contribution in [3.8, 4) is 0 Å². The lowest BCUT2D eigenvalue weighted by Gasteiger charge is -2.28. The highest BCUT2D eigenvalue weighted by Gasteiger charge is 2.30. The monoisotopic (exact) mass is 312 g/mol. The molecular weight excluding hydrogens is 287 g/mol. The van der Waals surface area contributed by atoms with E-state index in [4.69, 9.17) is 25.2 Å². The van der Waals surface area contributed by atoms with Crippen LogP contribution in [0.5, 0.6) is 0 Å². The Hall–Kier alpha value is 0.400. The molecule has 0 N–H and O–H groups in total. The van der Waals surface area contributed by atoms with E-state index in [-0.39, 0.29) is 11.3 Å². The van der Waals surface area contributed by atoms with Gasteiger partial charge in [0.15, 0.2) is 0 Å². The number of hydrogen-bond acceptors (Lipinski definition) is 4. The maximum Gasteiger partial charge on any atom is 0.474 e. The number of phosphoric acid groups is 1. The van der Waals surface area contributed by atoms with Crippen LogP contribution in [0.15, 0.2) is 0 Å². The predicted octanol–water partition coefficient (Wildman–Crippen LogP) is 4.76. The molecule has 0 aromatic carbocycles. The molecule has 0 amide bonds. The topological polar surface area (TPSA) is 44.8 Å². The molecule has 1 fully saturated rings. The Bertz CT molecular complexity index is 276. The van der Waals surface area contributed by atoms with Crippen molar-refractivity contribution in [1.29, 1.82) is 0 Å². The predicted molar refractivity (Wildman–Crippen MR) is 77.6 cm³/mol. The normalized spacial score (nSPS) is 24.6. The number of hydrogen-bond donors (Lipinski definition) is 0. The van der Waals surface area contributed by atoms with Gasteiger partial charge < -0.3 is 0 Å². The second kappa shape index (κ2) is 9.36. The molecule has 2 unspecified atom stereocenters. The lowest BCUT2D eigenvalue weighted by atomic mass is 9.89. The van der Waals surface area contributed by atoms with Gasteiger partial charge in [0, 0.05) is 5.38 Å². The molecule has 0 saturated heterocycles. The van der Waals surface area contributed by atoms with Crippen molar-refractivity contribution in [3.63, 3.8) is 0 Å². The van der Waals surface area contributed by atoms with Crippen molar-refractivity contribution in [3.05, 3.63) is 0 Å². The van der Waals surface area contributed by atoms with Crippen LogP contribution in [0.2, 0.25) is 0 Å². The Morgan fingerprint density at radius 2 is 1.63 bits per heavy atom. The minimum Gasteiger partial charge on any atom is -0.287 e. The van der Waals surface area contributed by atoms with Crippen LogP contribution in [0.1, 0.15) is 52.4 Å². The standard InChI is InChI=1S/C13H26ClO4P/c1-3-9-16-19(15,17-10-4-2)18-11-12-7-5-6-8-13(12)14/h12-13H,3-11H2,1-2H3. The largest absolute Gasteiger partial charge is 0.474 e. The van der Waals surface area contributed by atoms with Crippen molar-refractivity contribution in [2.75, 3.05) is 19.8 Å². The van der Waals surface area contributed by atoms with Crippen LogP contribution in [0.3, 0.4) is 0 Å². The molecule has 0 aromatic heterocycles. The fourth-order valence-electron chi connectivity index (χ4n) is 2.06. The molecule has 6 heteroatoms. The molecule has 0 aliphatic heterocycles. The zero-order valence-electron chi connectivity index (χ0n) is 12.0. The van der Waals surface area contributed by atoms with E-state index in [2.05, 4.69) is 0 Å². The van der Waals surface area contributed by atoms with Gasteiger partial charge in [0.1, 0.15) is 0 Å².